The smallest absolute Gasteiger partial charge is 0.257 e. The molecule has 2 aromatic rings. The molecule has 0 aliphatic heterocycles. The molecular weight excluding hydrogens is 370 g/mol. The van der Waals surface area contributed by atoms with Crippen molar-refractivity contribution in [1.29, 1.82) is 0 Å². The second-order valence-corrected chi connectivity index (χ2v) is 8.21. The van der Waals surface area contributed by atoms with Gasteiger partial charge in [-0.05, 0) is 38.7 Å². The monoisotopic (exact) mass is 401 g/mol. The maximum Gasteiger partial charge on any atom is 0.257 e. The van der Waals surface area contributed by atoms with Gasteiger partial charge in [-0.2, -0.15) is 0 Å². The quantitative estimate of drug-likeness (QED) is 0.374. The van der Waals surface area contributed by atoms with Gasteiger partial charge in [0.2, 0.25) is 5.91 Å². The Morgan fingerprint density at radius 1 is 1.25 bits per heavy atom. The number of amides is 1. The number of aromatic nitrogens is 2. The van der Waals surface area contributed by atoms with E-state index in [0.29, 0.717) is 12.8 Å². The lowest BCUT2D eigenvalue weighted by Crippen LogP contribution is -2.26. The van der Waals surface area contributed by atoms with Crippen molar-refractivity contribution in [3.05, 3.63) is 57.0 Å². The van der Waals surface area contributed by atoms with Crippen LogP contribution in [0.3, 0.4) is 0 Å². The van der Waals surface area contributed by atoms with Crippen LogP contribution in [0.4, 0.5) is 0 Å². The maximum absolute atomic E-state index is 12.8. The molecule has 0 saturated carbocycles. The van der Waals surface area contributed by atoms with E-state index < -0.39 is 0 Å². The van der Waals surface area contributed by atoms with Crippen molar-refractivity contribution in [2.24, 2.45) is 7.05 Å². The molecule has 0 fully saturated rings. The number of benzene rings is 1. The number of carbonyl (C=O) groups is 1. The van der Waals surface area contributed by atoms with E-state index in [9.17, 15) is 9.59 Å². The number of thioether (sulfide) groups is 1. The Kier molecular flexibility index (Phi) is 8.77. The standard InChI is InChI=1S/C22H31N3O2S/c1-5-12-23-20(26)11-6-7-13-28-22-24-17(3)19(21(27)25(22)4)15-18-10-8-9-16(2)14-18/h8-10,14H,5-7,11-13,15H2,1-4H3,(H,23,26). The third-order valence-electron chi connectivity index (χ3n) is 4.61. The highest BCUT2D eigenvalue weighted by Crippen LogP contribution is 2.18. The molecule has 0 aliphatic rings. The van der Waals surface area contributed by atoms with Gasteiger partial charge in [-0.15, -0.1) is 0 Å². The highest BCUT2D eigenvalue weighted by Gasteiger charge is 2.13. The Hall–Kier alpha value is -2.08. The molecule has 0 saturated heterocycles. The summed E-state index contributed by atoms with van der Waals surface area (Å²) in [6.45, 7) is 6.75. The van der Waals surface area contributed by atoms with E-state index in [0.717, 1.165) is 53.5 Å². The van der Waals surface area contributed by atoms with Gasteiger partial charge in [-0.3, -0.25) is 14.2 Å². The number of hydrogen-bond donors (Lipinski definition) is 1. The van der Waals surface area contributed by atoms with Crippen LogP contribution in [0.5, 0.6) is 0 Å². The van der Waals surface area contributed by atoms with E-state index in [1.807, 2.05) is 26.0 Å². The Labute approximate surface area is 172 Å². The number of rotatable bonds is 10. The van der Waals surface area contributed by atoms with Crippen molar-refractivity contribution in [2.45, 2.75) is 58.0 Å². The first kappa shape index (κ1) is 22.2. The highest BCUT2D eigenvalue weighted by atomic mass is 32.2. The third-order valence-corrected chi connectivity index (χ3v) is 5.73. The molecule has 0 spiro atoms. The molecule has 1 aromatic carbocycles. The van der Waals surface area contributed by atoms with Gasteiger partial charge in [0, 0.05) is 43.4 Å². The van der Waals surface area contributed by atoms with Gasteiger partial charge in [0.25, 0.3) is 5.56 Å². The summed E-state index contributed by atoms with van der Waals surface area (Å²) < 4.78 is 1.65. The Balaban J connectivity index is 1.94. The van der Waals surface area contributed by atoms with Crippen molar-refractivity contribution < 1.29 is 4.79 Å². The van der Waals surface area contributed by atoms with Gasteiger partial charge in [-0.25, -0.2) is 4.98 Å². The Bertz CT molecular complexity index is 861. The summed E-state index contributed by atoms with van der Waals surface area (Å²) >= 11 is 1.58. The highest BCUT2D eigenvalue weighted by molar-refractivity contribution is 7.99. The number of carbonyl (C=O) groups excluding carboxylic acids is 1. The van der Waals surface area contributed by atoms with Crippen LogP contribution in [0.15, 0.2) is 34.2 Å². The van der Waals surface area contributed by atoms with Crippen LogP contribution in [0.1, 0.15) is 55.0 Å². The predicted molar refractivity (Wildman–Crippen MR) is 116 cm³/mol. The van der Waals surface area contributed by atoms with Crippen LogP contribution in [-0.4, -0.2) is 27.8 Å². The second-order valence-electron chi connectivity index (χ2n) is 7.14. The minimum absolute atomic E-state index is 0.0236. The molecule has 0 atom stereocenters. The summed E-state index contributed by atoms with van der Waals surface area (Å²) in [6.07, 6.45) is 3.89. The fourth-order valence-corrected chi connectivity index (χ4v) is 4.00. The predicted octanol–water partition coefficient (Wildman–Crippen LogP) is 3.78. The molecule has 0 unspecified atom stereocenters. The lowest BCUT2D eigenvalue weighted by molar-refractivity contribution is -0.121. The van der Waals surface area contributed by atoms with Crippen LogP contribution in [0.25, 0.3) is 0 Å². The summed E-state index contributed by atoms with van der Waals surface area (Å²) in [5.41, 5.74) is 3.89. The van der Waals surface area contributed by atoms with E-state index in [-0.39, 0.29) is 11.5 Å². The van der Waals surface area contributed by atoms with Crippen molar-refractivity contribution >= 4 is 17.7 Å². The van der Waals surface area contributed by atoms with E-state index in [2.05, 4.69) is 29.4 Å². The topological polar surface area (TPSA) is 64.0 Å². The molecule has 0 radical (unpaired) electrons. The molecular formula is C22H31N3O2S. The van der Waals surface area contributed by atoms with Gasteiger partial charge < -0.3 is 5.32 Å². The van der Waals surface area contributed by atoms with Crippen LogP contribution in [0.2, 0.25) is 0 Å². The molecule has 152 valence electrons. The van der Waals surface area contributed by atoms with E-state index in [1.165, 1.54) is 5.56 Å². The SMILES string of the molecule is CCCNC(=O)CCCCSc1nc(C)c(Cc2cccc(C)c2)c(=O)n1C. The summed E-state index contributed by atoms with van der Waals surface area (Å²) in [7, 11) is 1.79. The van der Waals surface area contributed by atoms with Crippen LogP contribution in [0, 0.1) is 13.8 Å². The number of hydrogen-bond acceptors (Lipinski definition) is 4. The lowest BCUT2D eigenvalue weighted by Gasteiger charge is -2.12. The molecule has 2 rings (SSSR count). The number of unbranched alkanes of at least 4 members (excludes halogenated alkanes) is 1. The van der Waals surface area contributed by atoms with Gasteiger partial charge in [0.05, 0.1) is 0 Å². The Morgan fingerprint density at radius 2 is 2.04 bits per heavy atom. The normalized spacial score (nSPS) is 10.9. The zero-order chi connectivity index (χ0) is 20.5. The largest absolute Gasteiger partial charge is 0.356 e. The zero-order valence-electron chi connectivity index (χ0n) is 17.4. The molecule has 28 heavy (non-hydrogen) atoms. The van der Waals surface area contributed by atoms with Gasteiger partial charge in [-0.1, -0.05) is 48.5 Å². The second kappa shape index (κ2) is 11.1. The van der Waals surface area contributed by atoms with Gasteiger partial charge >= 0.3 is 0 Å². The van der Waals surface area contributed by atoms with Gasteiger partial charge in [0.15, 0.2) is 5.16 Å². The van der Waals surface area contributed by atoms with E-state index >= 15 is 0 Å². The lowest BCUT2D eigenvalue weighted by atomic mass is 10.0. The van der Waals surface area contributed by atoms with Crippen LogP contribution < -0.4 is 10.9 Å². The average molecular weight is 402 g/mol. The summed E-state index contributed by atoms with van der Waals surface area (Å²) in [5, 5.41) is 3.63. The zero-order valence-corrected chi connectivity index (χ0v) is 18.2. The number of aryl methyl sites for hydroxylation is 2. The molecule has 1 heterocycles. The molecule has 6 heteroatoms. The molecule has 0 bridgehead atoms. The summed E-state index contributed by atoms with van der Waals surface area (Å²) in [4.78, 5) is 29.1. The average Bonchev–Trinajstić information content (AvgIpc) is 2.67. The van der Waals surface area contributed by atoms with E-state index in [1.54, 1.807) is 23.4 Å². The van der Waals surface area contributed by atoms with Crippen molar-refractivity contribution in [3.63, 3.8) is 0 Å². The van der Waals surface area contributed by atoms with Crippen LogP contribution >= 0.6 is 11.8 Å². The first-order chi connectivity index (χ1) is 13.4. The number of nitrogens with one attached hydrogen (secondary N) is 1. The minimum Gasteiger partial charge on any atom is -0.356 e. The molecule has 1 N–H and O–H groups in total. The Morgan fingerprint density at radius 3 is 2.75 bits per heavy atom. The fraction of sp³-hybridized carbons (Fsp3) is 0.500. The minimum atomic E-state index is 0.0236. The maximum atomic E-state index is 12.8. The van der Waals surface area contributed by atoms with Crippen LogP contribution in [-0.2, 0) is 18.3 Å². The van der Waals surface area contributed by atoms with E-state index in [4.69, 9.17) is 0 Å². The van der Waals surface area contributed by atoms with Crippen molar-refractivity contribution in [3.8, 4) is 0 Å². The first-order valence-corrected chi connectivity index (χ1v) is 10.9. The summed E-state index contributed by atoms with van der Waals surface area (Å²) in [6, 6.07) is 8.23. The molecule has 5 nitrogen and oxygen atoms in total. The molecule has 0 aliphatic carbocycles. The van der Waals surface area contributed by atoms with Crippen molar-refractivity contribution in [2.75, 3.05) is 12.3 Å². The molecule has 1 amide bonds. The first-order valence-electron chi connectivity index (χ1n) is 9.94. The number of nitrogens with zero attached hydrogens (tertiary/aromatic N) is 2. The fourth-order valence-electron chi connectivity index (χ4n) is 2.99. The third kappa shape index (κ3) is 6.51. The summed E-state index contributed by atoms with van der Waals surface area (Å²) in [5.74, 6) is 0.964. The van der Waals surface area contributed by atoms with Crippen molar-refractivity contribution in [1.82, 2.24) is 14.9 Å². The molecule has 1 aromatic heterocycles. The van der Waals surface area contributed by atoms with Gasteiger partial charge in [0.1, 0.15) is 0 Å².